The summed E-state index contributed by atoms with van der Waals surface area (Å²) in [7, 11) is 0. The number of H-pyrrole nitrogens is 1. The fraction of sp³-hybridized carbons (Fsp3) is 0.357. The molecule has 5 heteroatoms. The number of aromatic amines is 1. The first kappa shape index (κ1) is 12.2. The first-order chi connectivity index (χ1) is 8.96. The zero-order valence-corrected chi connectivity index (χ0v) is 10.6. The highest BCUT2D eigenvalue weighted by molar-refractivity contribution is 6.06. The monoisotopic (exact) mass is 262 g/mol. The minimum absolute atomic E-state index is 0.129. The van der Waals surface area contributed by atoms with Crippen LogP contribution < -0.4 is 0 Å². The molecule has 1 saturated heterocycles. The minimum Gasteiger partial charge on any atom is -0.388 e. The molecule has 19 heavy (non-hydrogen) atoms. The number of aromatic nitrogens is 1. The number of amides is 1. The van der Waals surface area contributed by atoms with Gasteiger partial charge in [0.1, 0.15) is 5.82 Å². The van der Waals surface area contributed by atoms with Gasteiger partial charge < -0.3 is 15.0 Å². The van der Waals surface area contributed by atoms with Crippen molar-refractivity contribution in [3.63, 3.8) is 0 Å². The largest absolute Gasteiger partial charge is 0.388 e. The van der Waals surface area contributed by atoms with E-state index in [1.165, 1.54) is 12.1 Å². The van der Waals surface area contributed by atoms with Crippen molar-refractivity contribution in [2.45, 2.75) is 18.9 Å². The highest BCUT2D eigenvalue weighted by atomic mass is 19.1. The summed E-state index contributed by atoms with van der Waals surface area (Å²) in [4.78, 5) is 16.9. The van der Waals surface area contributed by atoms with Crippen molar-refractivity contribution in [2.24, 2.45) is 0 Å². The van der Waals surface area contributed by atoms with E-state index in [9.17, 15) is 14.3 Å². The number of benzene rings is 1. The molecular weight excluding hydrogens is 247 g/mol. The third kappa shape index (κ3) is 2.10. The number of nitrogens with zero attached hydrogens (tertiary/aromatic N) is 1. The summed E-state index contributed by atoms with van der Waals surface area (Å²) in [6.07, 6.45) is 2.18. The molecule has 2 aromatic rings. The molecule has 1 fully saturated rings. The Hall–Kier alpha value is -1.88. The summed E-state index contributed by atoms with van der Waals surface area (Å²) in [6.45, 7) is 2.60. The first-order valence-corrected chi connectivity index (χ1v) is 6.25. The summed E-state index contributed by atoms with van der Waals surface area (Å²) < 4.78 is 13.1. The van der Waals surface area contributed by atoms with Crippen molar-refractivity contribution in [3.05, 3.63) is 35.8 Å². The van der Waals surface area contributed by atoms with Gasteiger partial charge in [-0.3, -0.25) is 4.79 Å². The molecule has 100 valence electrons. The lowest BCUT2D eigenvalue weighted by molar-refractivity contribution is 0.0573. The highest BCUT2D eigenvalue weighted by Gasteiger charge is 2.34. The predicted molar refractivity (Wildman–Crippen MR) is 69.4 cm³/mol. The molecule has 1 aliphatic heterocycles. The molecule has 1 aliphatic rings. The molecule has 0 aliphatic carbocycles. The molecule has 1 aromatic carbocycles. The number of fused-ring (bicyclic) bond motifs is 1. The molecule has 0 unspecified atom stereocenters. The number of halogens is 1. The summed E-state index contributed by atoms with van der Waals surface area (Å²) in [6, 6.07) is 4.31. The molecule has 2 heterocycles. The molecule has 1 atom stereocenters. The minimum atomic E-state index is -0.812. The van der Waals surface area contributed by atoms with Crippen LogP contribution in [0.15, 0.2) is 24.4 Å². The van der Waals surface area contributed by atoms with E-state index in [0.717, 1.165) is 0 Å². The number of carbonyl (C=O) groups excluding carboxylic acids is 1. The van der Waals surface area contributed by atoms with Crippen molar-refractivity contribution in [2.75, 3.05) is 13.1 Å². The molecule has 0 saturated carbocycles. The fourth-order valence-electron chi connectivity index (χ4n) is 2.56. The molecule has 2 N–H and O–H groups in total. The van der Waals surface area contributed by atoms with Crippen LogP contribution in [0.2, 0.25) is 0 Å². The molecule has 1 amide bonds. The number of nitrogens with one attached hydrogen (secondary N) is 1. The van der Waals surface area contributed by atoms with Crippen molar-refractivity contribution >= 4 is 16.8 Å². The van der Waals surface area contributed by atoms with Crippen LogP contribution in [0.5, 0.6) is 0 Å². The second kappa shape index (κ2) is 4.06. The normalized spacial score (nSPS) is 23.2. The topological polar surface area (TPSA) is 56.3 Å². The van der Waals surface area contributed by atoms with E-state index < -0.39 is 5.60 Å². The van der Waals surface area contributed by atoms with Gasteiger partial charge in [-0.05, 0) is 31.5 Å². The number of carbonyl (C=O) groups is 1. The van der Waals surface area contributed by atoms with E-state index in [-0.39, 0.29) is 11.7 Å². The van der Waals surface area contributed by atoms with Crippen molar-refractivity contribution in [1.82, 2.24) is 9.88 Å². The first-order valence-electron chi connectivity index (χ1n) is 6.25. The summed E-state index contributed by atoms with van der Waals surface area (Å²) in [5.74, 6) is -0.465. The lowest BCUT2D eigenvalue weighted by Crippen LogP contribution is -2.33. The van der Waals surface area contributed by atoms with Crippen LogP contribution in [-0.4, -0.2) is 39.6 Å². The van der Waals surface area contributed by atoms with E-state index in [1.54, 1.807) is 24.1 Å². The maximum absolute atomic E-state index is 13.1. The highest BCUT2D eigenvalue weighted by Crippen LogP contribution is 2.25. The second-order valence-corrected chi connectivity index (χ2v) is 5.37. The number of rotatable bonds is 1. The Morgan fingerprint density at radius 3 is 3.00 bits per heavy atom. The van der Waals surface area contributed by atoms with Gasteiger partial charge in [-0.25, -0.2) is 4.39 Å². The Balaban J connectivity index is 1.94. The van der Waals surface area contributed by atoms with Crippen LogP contribution in [0.25, 0.3) is 10.9 Å². The predicted octanol–water partition coefficient (Wildman–Crippen LogP) is 1.90. The van der Waals surface area contributed by atoms with E-state index in [4.69, 9.17) is 0 Å². The van der Waals surface area contributed by atoms with Gasteiger partial charge in [-0.15, -0.1) is 0 Å². The van der Waals surface area contributed by atoms with Crippen LogP contribution >= 0.6 is 0 Å². The van der Waals surface area contributed by atoms with Crippen molar-refractivity contribution in [1.29, 1.82) is 0 Å². The molecule has 3 rings (SSSR count). The SMILES string of the molecule is C[C@]1(O)CCN(C(=O)c2c[nH]c3cc(F)ccc23)C1. The Bertz CT molecular complexity index is 648. The Morgan fingerprint density at radius 1 is 1.53 bits per heavy atom. The van der Waals surface area contributed by atoms with E-state index in [2.05, 4.69) is 4.98 Å². The summed E-state index contributed by atoms with van der Waals surface area (Å²) >= 11 is 0. The molecule has 1 aromatic heterocycles. The van der Waals surface area contributed by atoms with E-state index >= 15 is 0 Å². The Morgan fingerprint density at radius 2 is 2.32 bits per heavy atom. The standard InChI is InChI=1S/C14H15FN2O2/c1-14(19)4-5-17(8-14)13(18)11-7-16-12-6-9(15)2-3-10(11)12/h2-3,6-7,16,19H,4-5,8H2,1H3/t14-/m0/s1. The number of likely N-dealkylation sites (tertiary alicyclic amines) is 1. The average Bonchev–Trinajstić information content (AvgIpc) is 2.91. The van der Waals surface area contributed by atoms with Gasteiger partial charge in [0.2, 0.25) is 0 Å². The van der Waals surface area contributed by atoms with Gasteiger partial charge in [-0.1, -0.05) is 0 Å². The smallest absolute Gasteiger partial charge is 0.256 e. The van der Waals surface area contributed by atoms with Gasteiger partial charge in [0, 0.05) is 30.2 Å². The lowest BCUT2D eigenvalue weighted by atomic mass is 10.1. The van der Waals surface area contributed by atoms with E-state index in [0.29, 0.717) is 36.0 Å². The third-order valence-electron chi connectivity index (χ3n) is 3.61. The van der Waals surface area contributed by atoms with Gasteiger partial charge in [0.05, 0.1) is 11.2 Å². The average molecular weight is 262 g/mol. The van der Waals surface area contributed by atoms with Crippen LogP contribution in [0.1, 0.15) is 23.7 Å². The number of β-amino-alcohol motifs (C(OH)–C–C–N with tert-alkyl or cyclic N) is 1. The van der Waals surface area contributed by atoms with Gasteiger partial charge >= 0.3 is 0 Å². The fourth-order valence-corrected chi connectivity index (χ4v) is 2.56. The summed E-state index contributed by atoms with van der Waals surface area (Å²) in [5, 5.41) is 10.6. The van der Waals surface area contributed by atoms with Gasteiger partial charge in [-0.2, -0.15) is 0 Å². The van der Waals surface area contributed by atoms with Crippen LogP contribution in [0.4, 0.5) is 4.39 Å². The lowest BCUT2D eigenvalue weighted by Gasteiger charge is -2.18. The Kier molecular flexibility index (Phi) is 2.60. The quantitative estimate of drug-likeness (QED) is 0.824. The Labute approximate surface area is 109 Å². The number of hydrogen-bond acceptors (Lipinski definition) is 2. The number of hydrogen-bond donors (Lipinski definition) is 2. The zero-order chi connectivity index (χ0) is 13.6. The molecule has 4 nitrogen and oxygen atoms in total. The van der Waals surface area contributed by atoms with Crippen LogP contribution in [-0.2, 0) is 0 Å². The van der Waals surface area contributed by atoms with Gasteiger partial charge in [0.15, 0.2) is 0 Å². The third-order valence-corrected chi connectivity index (χ3v) is 3.61. The summed E-state index contributed by atoms with van der Waals surface area (Å²) in [5.41, 5.74) is 0.315. The second-order valence-electron chi connectivity index (χ2n) is 5.37. The maximum Gasteiger partial charge on any atom is 0.256 e. The molecule has 0 radical (unpaired) electrons. The van der Waals surface area contributed by atoms with E-state index in [1.807, 2.05) is 0 Å². The van der Waals surface area contributed by atoms with Crippen molar-refractivity contribution in [3.8, 4) is 0 Å². The van der Waals surface area contributed by atoms with Gasteiger partial charge in [0.25, 0.3) is 5.91 Å². The maximum atomic E-state index is 13.1. The van der Waals surface area contributed by atoms with Crippen molar-refractivity contribution < 1.29 is 14.3 Å². The van der Waals surface area contributed by atoms with Crippen LogP contribution in [0.3, 0.4) is 0 Å². The molecule has 0 bridgehead atoms. The zero-order valence-electron chi connectivity index (χ0n) is 10.6. The van der Waals surface area contributed by atoms with Crippen LogP contribution in [0, 0.1) is 5.82 Å². The number of aliphatic hydroxyl groups is 1. The molecular formula is C14H15FN2O2. The molecule has 0 spiro atoms.